The maximum Gasteiger partial charge on any atom is 0.257 e. The molecule has 5 aromatic rings. The molecule has 0 aliphatic rings. The minimum atomic E-state index is -0.189. The number of hydrogen-bond acceptors (Lipinski definition) is 6. The van der Waals surface area contributed by atoms with E-state index in [1.54, 1.807) is 35.7 Å². The number of pyridine rings is 2. The molecule has 0 radical (unpaired) electrons. The van der Waals surface area contributed by atoms with Crippen LogP contribution in [0.25, 0.3) is 16.6 Å². The van der Waals surface area contributed by atoms with Crippen LogP contribution in [-0.2, 0) is 7.05 Å². The number of anilines is 2. The van der Waals surface area contributed by atoms with Crippen LogP contribution in [0.1, 0.15) is 34.5 Å². The Labute approximate surface area is 196 Å². The minimum Gasteiger partial charge on any atom is -0.377 e. The molecule has 0 saturated carbocycles. The number of benzene rings is 1. The second-order valence-corrected chi connectivity index (χ2v) is 8.25. The summed E-state index contributed by atoms with van der Waals surface area (Å²) in [5.41, 5.74) is 5.85. The van der Waals surface area contributed by atoms with Gasteiger partial charge in [0.1, 0.15) is 5.69 Å². The zero-order valence-electron chi connectivity index (χ0n) is 19.1. The van der Waals surface area contributed by atoms with E-state index >= 15 is 0 Å². The Hall–Kier alpha value is -4.53. The lowest BCUT2D eigenvalue weighted by Crippen LogP contribution is -2.13. The fraction of sp³-hybridized carbons (Fsp3) is 0.160. The SMILES string of the molecule is Cc1cncc(C(=O)Nc2cccc(C(C)Nc3cncc4c3cnn4-c3cnn(C)c3)c2)c1. The van der Waals surface area contributed by atoms with Crippen LogP contribution in [0.3, 0.4) is 0 Å². The van der Waals surface area contributed by atoms with Gasteiger partial charge < -0.3 is 10.6 Å². The number of hydrogen-bond donors (Lipinski definition) is 2. The molecule has 0 aliphatic carbocycles. The third kappa shape index (κ3) is 4.23. The van der Waals surface area contributed by atoms with E-state index in [1.807, 2.05) is 61.4 Å². The van der Waals surface area contributed by atoms with Gasteiger partial charge in [0.05, 0.1) is 47.8 Å². The van der Waals surface area contributed by atoms with Crippen LogP contribution in [0.15, 0.2) is 73.7 Å². The van der Waals surface area contributed by atoms with Crippen LogP contribution in [-0.4, -0.2) is 35.4 Å². The number of aryl methyl sites for hydroxylation is 2. The van der Waals surface area contributed by atoms with E-state index < -0.39 is 0 Å². The quantitative estimate of drug-likeness (QED) is 0.399. The van der Waals surface area contributed by atoms with Crippen LogP contribution < -0.4 is 10.6 Å². The maximum atomic E-state index is 12.6. The summed E-state index contributed by atoms with van der Waals surface area (Å²) in [6, 6.07) is 9.57. The normalized spacial score (nSPS) is 12.0. The van der Waals surface area contributed by atoms with E-state index in [1.165, 1.54) is 0 Å². The molecule has 0 fully saturated rings. The van der Waals surface area contributed by atoms with Crippen molar-refractivity contribution in [1.29, 1.82) is 0 Å². The van der Waals surface area contributed by atoms with Gasteiger partial charge in [0, 0.05) is 36.6 Å². The van der Waals surface area contributed by atoms with Crippen LogP contribution in [0, 0.1) is 6.92 Å². The fourth-order valence-corrected chi connectivity index (χ4v) is 3.86. The van der Waals surface area contributed by atoms with E-state index in [9.17, 15) is 4.79 Å². The highest BCUT2D eigenvalue weighted by Crippen LogP contribution is 2.28. The number of nitrogens with zero attached hydrogens (tertiary/aromatic N) is 6. The van der Waals surface area contributed by atoms with Crippen molar-refractivity contribution in [3.8, 4) is 5.69 Å². The molecule has 1 atom stereocenters. The fourth-order valence-electron chi connectivity index (χ4n) is 3.86. The molecule has 1 amide bonds. The first-order valence-corrected chi connectivity index (χ1v) is 10.9. The van der Waals surface area contributed by atoms with Gasteiger partial charge in [0.25, 0.3) is 5.91 Å². The van der Waals surface area contributed by atoms with E-state index in [-0.39, 0.29) is 11.9 Å². The van der Waals surface area contributed by atoms with E-state index in [4.69, 9.17) is 0 Å². The molecule has 5 rings (SSSR count). The highest BCUT2D eigenvalue weighted by Gasteiger charge is 2.14. The first kappa shape index (κ1) is 21.3. The predicted molar refractivity (Wildman–Crippen MR) is 131 cm³/mol. The van der Waals surface area contributed by atoms with Crippen molar-refractivity contribution in [3.63, 3.8) is 0 Å². The van der Waals surface area contributed by atoms with Crippen molar-refractivity contribution >= 4 is 28.2 Å². The van der Waals surface area contributed by atoms with Crippen LogP contribution >= 0.6 is 0 Å². The lowest BCUT2D eigenvalue weighted by molar-refractivity contribution is 0.102. The van der Waals surface area contributed by atoms with Crippen molar-refractivity contribution in [1.82, 2.24) is 29.5 Å². The lowest BCUT2D eigenvalue weighted by Gasteiger charge is -2.17. The zero-order valence-corrected chi connectivity index (χ0v) is 19.1. The summed E-state index contributed by atoms with van der Waals surface area (Å²) in [5, 5.41) is 16.2. The topological polar surface area (TPSA) is 103 Å². The summed E-state index contributed by atoms with van der Waals surface area (Å²) in [4.78, 5) is 21.1. The summed E-state index contributed by atoms with van der Waals surface area (Å²) in [6.45, 7) is 3.98. The minimum absolute atomic E-state index is 0.0355. The molecular weight excluding hydrogens is 428 g/mol. The molecule has 1 unspecified atom stereocenters. The molecule has 0 bridgehead atoms. The zero-order chi connectivity index (χ0) is 23.7. The molecule has 9 nitrogen and oxygen atoms in total. The molecule has 9 heteroatoms. The van der Waals surface area contributed by atoms with Crippen molar-refractivity contribution in [3.05, 3.63) is 90.4 Å². The summed E-state index contributed by atoms with van der Waals surface area (Å²) in [5.74, 6) is -0.189. The van der Waals surface area contributed by atoms with E-state index in [0.717, 1.165) is 39.1 Å². The molecule has 1 aromatic carbocycles. The molecule has 4 aromatic heterocycles. The number of carbonyl (C=O) groups is 1. The third-order valence-corrected chi connectivity index (χ3v) is 5.59. The smallest absolute Gasteiger partial charge is 0.257 e. The van der Waals surface area contributed by atoms with E-state index in [0.29, 0.717) is 5.56 Å². The van der Waals surface area contributed by atoms with Gasteiger partial charge in [-0.25, -0.2) is 4.68 Å². The highest BCUT2D eigenvalue weighted by molar-refractivity contribution is 6.04. The van der Waals surface area contributed by atoms with Gasteiger partial charge in [-0.05, 0) is 43.2 Å². The van der Waals surface area contributed by atoms with Gasteiger partial charge in [-0.2, -0.15) is 10.2 Å². The van der Waals surface area contributed by atoms with Crippen LogP contribution in [0.2, 0.25) is 0 Å². The summed E-state index contributed by atoms with van der Waals surface area (Å²) in [6.07, 6.45) is 12.4. The Balaban J connectivity index is 1.36. The molecular formula is C25H24N8O. The molecule has 4 heterocycles. The molecule has 34 heavy (non-hydrogen) atoms. The second kappa shape index (κ2) is 8.78. The second-order valence-electron chi connectivity index (χ2n) is 8.25. The van der Waals surface area contributed by atoms with Gasteiger partial charge in [-0.3, -0.25) is 19.4 Å². The first-order valence-electron chi connectivity index (χ1n) is 10.9. The number of rotatable bonds is 6. The Bertz CT molecular complexity index is 1490. The number of amides is 1. The van der Waals surface area contributed by atoms with Gasteiger partial charge in [-0.15, -0.1) is 0 Å². The van der Waals surface area contributed by atoms with Gasteiger partial charge >= 0.3 is 0 Å². The van der Waals surface area contributed by atoms with Gasteiger partial charge in [0.15, 0.2) is 0 Å². The molecule has 0 aliphatic heterocycles. The monoisotopic (exact) mass is 452 g/mol. The van der Waals surface area contributed by atoms with Crippen molar-refractivity contribution in [2.75, 3.05) is 10.6 Å². The third-order valence-electron chi connectivity index (χ3n) is 5.59. The first-order chi connectivity index (χ1) is 16.5. The molecule has 0 saturated heterocycles. The summed E-state index contributed by atoms with van der Waals surface area (Å²) < 4.78 is 3.56. The Morgan fingerprint density at radius 1 is 1.00 bits per heavy atom. The van der Waals surface area contributed by atoms with Gasteiger partial charge in [0.2, 0.25) is 0 Å². The average Bonchev–Trinajstić information content (AvgIpc) is 3.46. The number of fused-ring (bicyclic) bond motifs is 1. The predicted octanol–water partition coefficient (Wildman–Crippen LogP) is 4.28. The molecule has 170 valence electrons. The molecule has 0 spiro atoms. The number of aromatic nitrogens is 6. The maximum absolute atomic E-state index is 12.6. The lowest BCUT2D eigenvalue weighted by atomic mass is 10.1. The van der Waals surface area contributed by atoms with Crippen molar-refractivity contribution in [2.45, 2.75) is 19.9 Å². The number of carbonyl (C=O) groups excluding carboxylic acids is 1. The Morgan fingerprint density at radius 2 is 1.85 bits per heavy atom. The summed E-state index contributed by atoms with van der Waals surface area (Å²) in [7, 11) is 1.87. The van der Waals surface area contributed by atoms with Crippen LogP contribution in [0.4, 0.5) is 11.4 Å². The Morgan fingerprint density at radius 3 is 2.65 bits per heavy atom. The largest absolute Gasteiger partial charge is 0.377 e. The average molecular weight is 453 g/mol. The standard InChI is InChI=1S/C25H24N8O/c1-16-7-19(10-26-9-16)25(34)31-20-6-4-5-18(8-20)17(2)30-23-13-27-14-24-22(23)12-29-33(24)21-11-28-32(3)15-21/h4-15,17,30H,1-3H3,(H,31,34). The van der Waals surface area contributed by atoms with E-state index in [2.05, 4.69) is 37.7 Å². The van der Waals surface area contributed by atoms with Crippen LogP contribution in [0.5, 0.6) is 0 Å². The summed E-state index contributed by atoms with van der Waals surface area (Å²) >= 11 is 0. The van der Waals surface area contributed by atoms with Crippen molar-refractivity contribution < 1.29 is 4.79 Å². The van der Waals surface area contributed by atoms with Gasteiger partial charge in [-0.1, -0.05) is 12.1 Å². The molecule has 2 N–H and O–H groups in total. The number of nitrogens with one attached hydrogen (secondary N) is 2. The Kier molecular flexibility index (Phi) is 5.51. The van der Waals surface area contributed by atoms with Crippen molar-refractivity contribution in [2.24, 2.45) is 7.05 Å². The highest BCUT2D eigenvalue weighted by atomic mass is 16.1.